The summed E-state index contributed by atoms with van der Waals surface area (Å²) < 4.78 is 0. The quantitative estimate of drug-likeness (QED) is 0.916. The molecule has 1 unspecified atom stereocenters. The Labute approximate surface area is 143 Å². The van der Waals surface area contributed by atoms with Crippen LogP contribution in [-0.4, -0.2) is 39.9 Å². The third-order valence-corrected chi connectivity index (χ3v) is 4.44. The minimum absolute atomic E-state index is 0.153. The lowest BCUT2D eigenvalue weighted by Gasteiger charge is -2.31. The lowest BCUT2D eigenvalue weighted by molar-refractivity contribution is -0.133. The van der Waals surface area contributed by atoms with Crippen LogP contribution in [-0.2, 0) is 17.8 Å². The second-order valence-corrected chi connectivity index (χ2v) is 6.22. The van der Waals surface area contributed by atoms with Crippen molar-refractivity contribution < 1.29 is 4.79 Å². The molecular formula is C19H24N4O. The Hall–Kier alpha value is -2.27. The topological polar surface area (TPSA) is 58.1 Å². The standard InChI is InChI=1S/C19H24N4O/c24-19(13-16-5-3-10-21-14-16)23(15-17-6-1-2-11-22-17)18-7-4-9-20-12-8-18/h1-3,5-6,10-11,14,18,20H,4,7-9,12-13,15H2. The molecule has 1 saturated heterocycles. The summed E-state index contributed by atoms with van der Waals surface area (Å²) in [4.78, 5) is 23.5. The summed E-state index contributed by atoms with van der Waals surface area (Å²) in [5.41, 5.74) is 1.90. The van der Waals surface area contributed by atoms with Crippen LogP contribution in [0.1, 0.15) is 30.5 Å². The fourth-order valence-corrected chi connectivity index (χ4v) is 3.18. The molecule has 24 heavy (non-hydrogen) atoms. The van der Waals surface area contributed by atoms with Crippen LogP contribution in [0.5, 0.6) is 0 Å². The van der Waals surface area contributed by atoms with Gasteiger partial charge in [-0.15, -0.1) is 0 Å². The van der Waals surface area contributed by atoms with E-state index in [0.717, 1.165) is 43.6 Å². The van der Waals surface area contributed by atoms with Crippen LogP contribution in [0, 0.1) is 0 Å². The van der Waals surface area contributed by atoms with E-state index < -0.39 is 0 Å². The first-order valence-electron chi connectivity index (χ1n) is 8.62. The van der Waals surface area contributed by atoms with Gasteiger partial charge in [0.2, 0.25) is 5.91 Å². The first-order valence-corrected chi connectivity index (χ1v) is 8.62. The number of carbonyl (C=O) groups is 1. The Balaban J connectivity index is 1.76. The molecule has 5 heteroatoms. The summed E-state index contributed by atoms with van der Waals surface area (Å²) in [6.45, 7) is 2.57. The van der Waals surface area contributed by atoms with Crippen LogP contribution in [0.4, 0.5) is 0 Å². The summed E-state index contributed by atoms with van der Waals surface area (Å²) in [5, 5.41) is 3.42. The van der Waals surface area contributed by atoms with Crippen LogP contribution in [0.3, 0.4) is 0 Å². The summed E-state index contributed by atoms with van der Waals surface area (Å²) in [6.07, 6.45) is 8.81. The van der Waals surface area contributed by atoms with Crippen LogP contribution < -0.4 is 5.32 Å². The van der Waals surface area contributed by atoms with Gasteiger partial charge in [0, 0.05) is 24.6 Å². The number of aromatic nitrogens is 2. The molecule has 1 atom stereocenters. The van der Waals surface area contributed by atoms with Gasteiger partial charge < -0.3 is 10.2 Å². The van der Waals surface area contributed by atoms with Crippen molar-refractivity contribution in [3.63, 3.8) is 0 Å². The number of hydrogen-bond donors (Lipinski definition) is 1. The van der Waals surface area contributed by atoms with Gasteiger partial charge in [0.25, 0.3) is 0 Å². The molecule has 1 N–H and O–H groups in total. The number of nitrogens with zero attached hydrogens (tertiary/aromatic N) is 3. The molecular weight excluding hydrogens is 300 g/mol. The van der Waals surface area contributed by atoms with E-state index >= 15 is 0 Å². The van der Waals surface area contributed by atoms with Crippen LogP contribution in [0.2, 0.25) is 0 Å². The summed E-state index contributed by atoms with van der Waals surface area (Å²) in [7, 11) is 0. The second-order valence-electron chi connectivity index (χ2n) is 6.22. The number of rotatable bonds is 5. The molecule has 2 aromatic heterocycles. The maximum atomic E-state index is 13.0. The zero-order chi connectivity index (χ0) is 16.6. The number of nitrogens with one attached hydrogen (secondary N) is 1. The predicted molar refractivity (Wildman–Crippen MR) is 93.2 cm³/mol. The molecule has 126 valence electrons. The molecule has 3 heterocycles. The van der Waals surface area contributed by atoms with E-state index in [1.165, 1.54) is 0 Å². The lowest BCUT2D eigenvalue weighted by atomic mass is 10.1. The molecule has 1 aliphatic heterocycles. The largest absolute Gasteiger partial charge is 0.333 e. The predicted octanol–water partition coefficient (Wildman–Crippen LogP) is 2.19. The number of hydrogen-bond acceptors (Lipinski definition) is 4. The first-order chi connectivity index (χ1) is 11.8. The average Bonchev–Trinajstić information content (AvgIpc) is 2.90. The third kappa shape index (κ3) is 4.61. The van der Waals surface area contributed by atoms with Crippen LogP contribution >= 0.6 is 0 Å². The molecule has 2 aromatic rings. The SMILES string of the molecule is O=C(Cc1cccnc1)N(Cc1ccccn1)C1CCCNCC1. The highest BCUT2D eigenvalue weighted by Gasteiger charge is 2.25. The molecule has 3 rings (SSSR count). The van der Waals surface area contributed by atoms with Crippen LogP contribution in [0.25, 0.3) is 0 Å². The average molecular weight is 324 g/mol. The molecule has 0 radical (unpaired) electrons. The zero-order valence-corrected chi connectivity index (χ0v) is 13.9. The van der Waals surface area contributed by atoms with Gasteiger partial charge in [-0.05, 0) is 56.1 Å². The van der Waals surface area contributed by atoms with Crippen molar-refractivity contribution >= 4 is 5.91 Å². The summed E-state index contributed by atoms with van der Waals surface area (Å²) in [5.74, 6) is 0.153. The smallest absolute Gasteiger partial charge is 0.227 e. The fourth-order valence-electron chi connectivity index (χ4n) is 3.18. The Morgan fingerprint density at radius 3 is 2.92 bits per heavy atom. The van der Waals surface area contributed by atoms with Gasteiger partial charge >= 0.3 is 0 Å². The Morgan fingerprint density at radius 2 is 2.12 bits per heavy atom. The Kier molecular flexibility index (Phi) is 5.90. The van der Waals surface area contributed by atoms with E-state index in [1.54, 1.807) is 18.6 Å². The highest BCUT2D eigenvalue weighted by atomic mass is 16.2. The third-order valence-electron chi connectivity index (χ3n) is 4.44. The van der Waals surface area contributed by atoms with Gasteiger partial charge in [0.1, 0.15) is 0 Å². The van der Waals surface area contributed by atoms with E-state index in [-0.39, 0.29) is 11.9 Å². The molecule has 0 saturated carbocycles. The van der Waals surface area contributed by atoms with Crippen molar-refractivity contribution in [2.75, 3.05) is 13.1 Å². The van der Waals surface area contributed by atoms with Crippen molar-refractivity contribution in [1.29, 1.82) is 0 Å². The van der Waals surface area contributed by atoms with Crippen molar-refractivity contribution in [2.45, 2.75) is 38.3 Å². The Bertz CT molecular complexity index is 624. The second kappa shape index (κ2) is 8.55. The van der Waals surface area contributed by atoms with Gasteiger partial charge in [-0.1, -0.05) is 12.1 Å². The maximum Gasteiger partial charge on any atom is 0.227 e. The van der Waals surface area contributed by atoms with Gasteiger partial charge in [-0.25, -0.2) is 0 Å². The number of carbonyl (C=O) groups excluding carboxylic acids is 1. The number of amides is 1. The minimum Gasteiger partial charge on any atom is -0.333 e. The molecule has 5 nitrogen and oxygen atoms in total. The van der Waals surface area contributed by atoms with Crippen LogP contribution in [0.15, 0.2) is 48.9 Å². The molecule has 1 fully saturated rings. The van der Waals surface area contributed by atoms with Crippen molar-refractivity contribution in [2.24, 2.45) is 0 Å². The van der Waals surface area contributed by atoms with E-state index in [2.05, 4.69) is 15.3 Å². The van der Waals surface area contributed by atoms with Gasteiger partial charge in [0.15, 0.2) is 0 Å². The fraction of sp³-hybridized carbons (Fsp3) is 0.421. The first kappa shape index (κ1) is 16.6. The van der Waals surface area contributed by atoms with Gasteiger partial charge in [-0.3, -0.25) is 14.8 Å². The number of pyridine rings is 2. The van der Waals surface area contributed by atoms with Crippen molar-refractivity contribution in [3.8, 4) is 0 Å². The molecule has 0 bridgehead atoms. The molecule has 0 aliphatic carbocycles. The minimum atomic E-state index is 0.153. The van der Waals surface area contributed by atoms with E-state index in [0.29, 0.717) is 13.0 Å². The van der Waals surface area contributed by atoms with Crippen molar-refractivity contribution in [1.82, 2.24) is 20.2 Å². The maximum absolute atomic E-state index is 13.0. The Morgan fingerprint density at radius 1 is 1.17 bits per heavy atom. The highest BCUT2D eigenvalue weighted by molar-refractivity contribution is 5.79. The molecule has 0 aromatic carbocycles. The molecule has 1 aliphatic rings. The summed E-state index contributed by atoms with van der Waals surface area (Å²) in [6, 6.07) is 9.96. The van der Waals surface area contributed by atoms with Gasteiger partial charge in [0.05, 0.1) is 18.7 Å². The van der Waals surface area contributed by atoms with Gasteiger partial charge in [-0.2, -0.15) is 0 Å². The van der Waals surface area contributed by atoms with Crippen molar-refractivity contribution in [3.05, 3.63) is 60.2 Å². The molecule has 0 spiro atoms. The van der Waals surface area contributed by atoms with E-state index in [1.807, 2.05) is 35.2 Å². The highest BCUT2D eigenvalue weighted by Crippen LogP contribution is 2.18. The summed E-state index contributed by atoms with van der Waals surface area (Å²) >= 11 is 0. The normalized spacial score (nSPS) is 17.9. The van der Waals surface area contributed by atoms with E-state index in [4.69, 9.17) is 0 Å². The molecule has 1 amide bonds. The monoisotopic (exact) mass is 324 g/mol. The zero-order valence-electron chi connectivity index (χ0n) is 13.9. The lowest BCUT2D eigenvalue weighted by Crippen LogP contribution is -2.41. The van der Waals surface area contributed by atoms with E-state index in [9.17, 15) is 4.79 Å².